The lowest BCUT2D eigenvalue weighted by Crippen LogP contribution is -2.41. The van der Waals surface area contributed by atoms with Gasteiger partial charge in [0.2, 0.25) is 5.91 Å². The van der Waals surface area contributed by atoms with Crippen LogP contribution in [0, 0.1) is 5.92 Å². The van der Waals surface area contributed by atoms with Crippen molar-refractivity contribution in [2.45, 2.75) is 12.8 Å². The lowest BCUT2D eigenvalue weighted by Gasteiger charge is -2.32. The second kappa shape index (κ2) is 4.48. The van der Waals surface area contributed by atoms with E-state index in [1.54, 1.807) is 6.07 Å². The average molecular weight is 235 g/mol. The maximum atomic E-state index is 11.2. The first-order valence-corrected chi connectivity index (χ1v) is 5.64. The number of nitrogens with two attached hydrogens (primary N) is 3. The smallest absolute Gasteiger partial charge is 0.222 e. The summed E-state index contributed by atoms with van der Waals surface area (Å²) in [7, 11) is 0. The molecule has 0 bridgehead atoms. The molecule has 1 saturated heterocycles. The molecule has 1 fully saturated rings. The van der Waals surface area contributed by atoms with Gasteiger partial charge < -0.3 is 22.1 Å². The Bertz CT molecular complexity index is 434. The van der Waals surface area contributed by atoms with Crippen molar-refractivity contribution in [3.8, 4) is 0 Å². The Morgan fingerprint density at radius 2 is 2.18 bits per heavy atom. The molecule has 17 heavy (non-hydrogen) atoms. The molecule has 1 amide bonds. The molecule has 1 aliphatic rings. The number of rotatable bonds is 2. The molecule has 1 aromatic heterocycles. The van der Waals surface area contributed by atoms with E-state index >= 15 is 0 Å². The molecule has 0 saturated carbocycles. The van der Waals surface area contributed by atoms with E-state index in [-0.39, 0.29) is 11.8 Å². The molecular weight excluding hydrogens is 218 g/mol. The summed E-state index contributed by atoms with van der Waals surface area (Å²) in [6.07, 6.45) is 1.77. The van der Waals surface area contributed by atoms with Crippen LogP contribution in [0.5, 0.6) is 0 Å². The number of carbonyl (C=O) groups excluding carboxylic acids is 1. The summed E-state index contributed by atoms with van der Waals surface area (Å²) < 4.78 is 0. The van der Waals surface area contributed by atoms with E-state index in [2.05, 4.69) is 4.98 Å². The third-order valence-corrected chi connectivity index (χ3v) is 3.09. The number of primary amides is 1. The van der Waals surface area contributed by atoms with Crippen LogP contribution in [0.1, 0.15) is 12.8 Å². The highest BCUT2D eigenvalue weighted by molar-refractivity contribution is 5.77. The minimum Gasteiger partial charge on any atom is -0.396 e. The van der Waals surface area contributed by atoms with Crippen LogP contribution in [0.3, 0.4) is 0 Å². The SMILES string of the molecule is NC(=O)C1CCCN(c2ccc(N)c(N)n2)C1. The largest absolute Gasteiger partial charge is 0.396 e. The van der Waals surface area contributed by atoms with Crippen LogP contribution in [-0.2, 0) is 4.79 Å². The second-order valence-electron chi connectivity index (χ2n) is 4.33. The van der Waals surface area contributed by atoms with Crippen LogP contribution in [0.25, 0.3) is 0 Å². The standard InChI is InChI=1S/C11H17N5O/c12-8-3-4-9(15-10(8)13)16-5-1-2-7(6-16)11(14)17/h3-4,7H,1-2,5-6,12H2,(H2,13,15)(H2,14,17). The van der Waals surface area contributed by atoms with Crippen molar-refractivity contribution in [3.63, 3.8) is 0 Å². The molecule has 0 radical (unpaired) electrons. The van der Waals surface area contributed by atoms with Crippen LogP contribution >= 0.6 is 0 Å². The molecule has 2 heterocycles. The van der Waals surface area contributed by atoms with Gasteiger partial charge in [-0.15, -0.1) is 0 Å². The predicted molar refractivity (Wildman–Crippen MR) is 67.2 cm³/mol. The Balaban J connectivity index is 2.16. The van der Waals surface area contributed by atoms with Crippen molar-refractivity contribution >= 4 is 23.2 Å². The van der Waals surface area contributed by atoms with Crippen LogP contribution in [-0.4, -0.2) is 24.0 Å². The molecule has 92 valence electrons. The number of nitrogen functional groups attached to an aromatic ring is 2. The van der Waals surface area contributed by atoms with Gasteiger partial charge in [-0.05, 0) is 25.0 Å². The van der Waals surface area contributed by atoms with Crippen molar-refractivity contribution in [3.05, 3.63) is 12.1 Å². The van der Waals surface area contributed by atoms with Crippen molar-refractivity contribution in [2.75, 3.05) is 29.5 Å². The summed E-state index contributed by atoms with van der Waals surface area (Å²) >= 11 is 0. The van der Waals surface area contributed by atoms with Crippen LogP contribution in [0.2, 0.25) is 0 Å². The third-order valence-electron chi connectivity index (χ3n) is 3.09. The third kappa shape index (κ3) is 2.41. The number of amides is 1. The minimum atomic E-state index is -0.252. The number of hydrogen-bond donors (Lipinski definition) is 3. The van der Waals surface area contributed by atoms with Crippen molar-refractivity contribution < 1.29 is 4.79 Å². The first-order chi connectivity index (χ1) is 8.08. The molecule has 2 rings (SSSR count). The van der Waals surface area contributed by atoms with E-state index in [0.717, 1.165) is 25.2 Å². The normalized spacial score (nSPS) is 20.2. The first-order valence-electron chi connectivity index (χ1n) is 5.64. The van der Waals surface area contributed by atoms with E-state index < -0.39 is 0 Å². The molecule has 0 aliphatic carbocycles. The summed E-state index contributed by atoms with van der Waals surface area (Å²) in [5.74, 6) is 0.716. The van der Waals surface area contributed by atoms with Crippen molar-refractivity contribution in [1.29, 1.82) is 0 Å². The highest BCUT2D eigenvalue weighted by Crippen LogP contribution is 2.24. The van der Waals surface area contributed by atoms with Crippen LogP contribution in [0.15, 0.2) is 12.1 Å². The number of aromatic nitrogens is 1. The zero-order chi connectivity index (χ0) is 12.4. The zero-order valence-electron chi connectivity index (χ0n) is 9.60. The van der Waals surface area contributed by atoms with Crippen molar-refractivity contribution in [2.24, 2.45) is 11.7 Å². The predicted octanol–water partition coefficient (Wildman–Crippen LogP) is -0.0523. The average Bonchev–Trinajstić information content (AvgIpc) is 2.33. The van der Waals surface area contributed by atoms with Gasteiger partial charge in [-0.25, -0.2) is 4.98 Å². The molecule has 0 aromatic carbocycles. The van der Waals surface area contributed by atoms with Gasteiger partial charge in [-0.1, -0.05) is 0 Å². The summed E-state index contributed by atoms with van der Waals surface area (Å²) in [5.41, 5.74) is 17.1. The molecule has 1 atom stereocenters. The van der Waals surface area contributed by atoms with Gasteiger partial charge >= 0.3 is 0 Å². The topological polar surface area (TPSA) is 111 Å². The van der Waals surface area contributed by atoms with Gasteiger partial charge in [0, 0.05) is 13.1 Å². The maximum absolute atomic E-state index is 11.2. The van der Waals surface area contributed by atoms with E-state index in [1.165, 1.54) is 0 Å². The molecule has 1 aromatic rings. The number of hydrogen-bond acceptors (Lipinski definition) is 5. The maximum Gasteiger partial charge on any atom is 0.222 e. The molecular formula is C11H17N5O. The summed E-state index contributed by atoms with van der Waals surface area (Å²) in [6.45, 7) is 1.46. The van der Waals surface area contributed by atoms with Gasteiger partial charge in [0.25, 0.3) is 0 Å². The molecule has 1 unspecified atom stereocenters. The van der Waals surface area contributed by atoms with E-state index in [9.17, 15) is 4.79 Å². The molecule has 1 aliphatic heterocycles. The molecule has 6 heteroatoms. The fourth-order valence-electron chi connectivity index (χ4n) is 2.07. The highest BCUT2D eigenvalue weighted by Gasteiger charge is 2.24. The highest BCUT2D eigenvalue weighted by atomic mass is 16.1. The number of anilines is 3. The van der Waals surface area contributed by atoms with Crippen LogP contribution in [0.4, 0.5) is 17.3 Å². The van der Waals surface area contributed by atoms with Gasteiger partial charge in [0.1, 0.15) is 11.6 Å². The summed E-state index contributed by atoms with van der Waals surface area (Å²) in [4.78, 5) is 17.4. The Morgan fingerprint density at radius 3 is 2.82 bits per heavy atom. The number of carbonyl (C=O) groups is 1. The molecule has 0 spiro atoms. The number of pyridine rings is 1. The first kappa shape index (κ1) is 11.5. The molecule has 6 nitrogen and oxygen atoms in total. The lowest BCUT2D eigenvalue weighted by atomic mass is 9.97. The van der Waals surface area contributed by atoms with E-state index in [0.29, 0.717) is 18.1 Å². The van der Waals surface area contributed by atoms with Gasteiger partial charge in [0.05, 0.1) is 11.6 Å². The fraction of sp³-hybridized carbons (Fsp3) is 0.455. The van der Waals surface area contributed by atoms with Gasteiger partial charge in [-0.3, -0.25) is 4.79 Å². The van der Waals surface area contributed by atoms with E-state index in [1.807, 2.05) is 11.0 Å². The minimum absolute atomic E-state index is 0.107. The monoisotopic (exact) mass is 235 g/mol. The Hall–Kier alpha value is -1.98. The quantitative estimate of drug-likeness (QED) is 0.665. The van der Waals surface area contributed by atoms with Gasteiger partial charge in [0.15, 0.2) is 0 Å². The summed E-state index contributed by atoms with van der Waals surface area (Å²) in [5, 5.41) is 0. The van der Waals surface area contributed by atoms with Crippen LogP contribution < -0.4 is 22.1 Å². The Labute approximate surface area is 99.8 Å². The Kier molecular flexibility index (Phi) is 3.03. The molecule has 6 N–H and O–H groups in total. The fourth-order valence-corrected chi connectivity index (χ4v) is 2.07. The van der Waals surface area contributed by atoms with Gasteiger partial charge in [-0.2, -0.15) is 0 Å². The Morgan fingerprint density at radius 1 is 1.41 bits per heavy atom. The van der Waals surface area contributed by atoms with Crippen molar-refractivity contribution in [1.82, 2.24) is 4.98 Å². The lowest BCUT2D eigenvalue weighted by molar-refractivity contribution is -0.122. The second-order valence-corrected chi connectivity index (χ2v) is 4.33. The summed E-state index contributed by atoms with van der Waals surface area (Å²) in [6, 6.07) is 3.54. The van der Waals surface area contributed by atoms with E-state index in [4.69, 9.17) is 17.2 Å². The number of nitrogens with zero attached hydrogens (tertiary/aromatic N) is 2. The zero-order valence-corrected chi connectivity index (χ0v) is 9.60. The number of piperidine rings is 1.